The average Bonchev–Trinajstić information content (AvgIpc) is 2.55. The number of amides is 1. The number of hydrogen-bond donors (Lipinski definition) is 1. The van der Waals surface area contributed by atoms with E-state index in [2.05, 4.69) is 5.32 Å². The van der Waals surface area contributed by atoms with Gasteiger partial charge in [-0.15, -0.1) is 0 Å². The Hall–Kier alpha value is -2.73. The molecule has 0 spiro atoms. The smallest absolute Gasteiger partial charge is 0.269 e. The molecule has 1 N–H and O–H groups in total. The summed E-state index contributed by atoms with van der Waals surface area (Å²) in [5.74, 6) is -0.119. The zero-order chi connectivity index (χ0) is 16.4. The van der Waals surface area contributed by atoms with Crippen LogP contribution < -0.4 is 5.32 Å². The Kier molecular flexibility index (Phi) is 3.83. The average molecular weight is 312 g/mol. The van der Waals surface area contributed by atoms with Crippen molar-refractivity contribution in [3.05, 3.63) is 75.8 Å². The van der Waals surface area contributed by atoms with E-state index in [0.717, 1.165) is 11.1 Å². The van der Waals surface area contributed by atoms with Crippen molar-refractivity contribution in [3.63, 3.8) is 0 Å². The molecule has 3 rings (SSSR count). The summed E-state index contributed by atoms with van der Waals surface area (Å²) in [5.41, 5.74) is 0.766. The molecule has 2 atom stereocenters. The molecule has 0 radical (unpaired) electrons. The van der Waals surface area contributed by atoms with Gasteiger partial charge in [0, 0.05) is 17.7 Å². The van der Waals surface area contributed by atoms with E-state index in [1.165, 1.54) is 12.1 Å². The third-order valence-electron chi connectivity index (χ3n) is 3.96. The second-order valence-corrected chi connectivity index (χ2v) is 5.69. The molecular weight excluding hydrogens is 296 g/mol. The minimum atomic E-state index is -0.835. The van der Waals surface area contributed by atoms with Crippen LogP contribution in [0, 0.1) is 10.1 Å². The lowest BCUT2D eigenvalue weighted by Crippen LogP contribution is -2.46. The molecule has 0 saturated carbocycles. The van der Waals surface area contributed by atoms with Gasteiger partial charge in [0.2, 0.25) is 5.91 Å². The van der Waals surface area contributed by atoms with Gasteiger partial charge in [0.25, 0.3) is 5.69 Å². The number of ether oxygens (including phenoxy) is 1. The molecule has 118 valence electrons. The molecule has 1 saturated heterocycles. The maximum Gasteiger partial charge on any atom is 0.269 e. The van der Waals surface area contributed by atoms with Gasteiger partial charge in [-0.05, 0) is 24.6 Å². The second kappa shape index (κ2) is 5.81. The number of nitro benzene ring substituents is 1. The van der Waals surface area contributed by atoms with Crippen molar-refractivity contribution < 1.29 is 14.5 Å². The van der Waals surface area contributed by atoms with Crippen molar-refractivity contribution >= 4 is 11.6 Å². The fourth-order valence-corrected chi connectivity index (χ4v) is 2.72. The Labute approximate surface area is 133 Å². The van der Waals surface area contributed by atoms with Crippen LogP contribution in [0.1, 0.15) is 30.7 Å². The van der Waals surface area contributed by atoms with Crippen LogP contribution >= 0.6 is 0 Å². The van der Waals surface area contributed by atoms with Crippen LogP contribution in [0.3, 0.4) is 0 Å². The van der Waals surface area contributed by atoms with E-state index in [9.17, 15) is 14.9 Å². The molecule has 0 bridgehead atoms. The highest BCUT2D eigenvalue weighted by Crippen LogP contribution is 2.37. The number of nitrogens with zero attached hydrogens (tertiary/aromatic N) is 1. The first-order chi connectivity index (χ1) is 11.0. The monoisotopic (exact) mass is 312 g/mol. The van der Waals surface area contributed by atoms with E-state index in [-0.39, 0.29) is 18.0 Å². The summed E-state index contributed by atoms with van der Waals surface area (Å²) in [6.07, 6.45) is -0.383. The summed E-state index contributed by atoms with van der Waals surface area (Å²) in [6.45, 7) is 1.82. The summed E-state index contributed by atoms with van der Waals surface area (Å²) in [6, 6.07) is 15.5. The van der Waals surface area contributed by atoms with Crippen LogP contribution in [0.5, 0.6) is 0 Å². The Morgan fingerprint density at radius 2 is 1.83 bits per heavy atom. The Balaban J connectivity index is 1.90. The molecule has 1 unspecified atom stereocenters. The highest BCUT2D eigenvalue weighted by Gasteiger charge is 2.39. The summed E-state index contributed by atoms with van der Waals surface area (Å²) >= 11 is 0. The van der Waals surface area contributed by atoms with Crippen molar-refractivity contribution in [2.45, 2.75) is 25.2 Å². The van der Waals surface area contributed by atoms with Crippen LogP contribution in [0.25, 0.3) is 0 Å². The van der Waals surface area contributed by atoms with E-state index < -0.39 is 16.8 Å². The Morgan fingerprint density at radius 1 is 1.17 bits per heavy atom. The van der Waals surface area contributed by atoms with Crippen molar-refractivity contribution in [2.75, 3.05) is 0 Å². The number of carbonyl (C=O) groups excluding carboxylic acids is 1. The fraction of sp³-hybridized carbons (Fsp3) is 0.235. The minimum absolute atomic E-state index is 0.0113. The van der Waals surface area contributed by atoms with Gasteiger partial charge >= 0.3 is 0 Å². The third-order valence-corrected chi connectivity index (χ3v) is 3.96. The quantitative estimate of drug-likeness (QED) is 0.697. The van der Waals surface area contributed by atoms with E-state index in [1.807, 2.05) is 37.3 Å². The minimum Gasteiger partial charge on any atom is -0.343 e. The molecule has 1 heterocycles. The Bertz CT molecular complexity index is 730. The van der Waals surface area contributed by atoms with Gasteiger partial charge in [0.1, 0.15) is 5.60 Å². The molecule has 0 aliphatic carbocycles. The molecule has 2 aromatic carbocycles. The summed E-state index contributed by atoms with van der Waals surface area (Å²) in [5, 5.41) is 13.6. The normalized spacial score (nSPS) is 24.0. The molecule has 2 aromatic rings. The number of non-ortho nitro benzene ring substituents is 1. The number of hydrogen-bond acceptors (Lipinski definition) is 4. The lowest BCUT2D eigenvalue weighted by Gasteiger charge is -2.39. The number of benzene rings is 2. The van der Waals surface area contributed by atoms with Crippen LogP contribution in [0.4, 0.5) is 5.69 Å². The maximum absolute atomic E-state index is 12.1. The van der Waals surface area contributed by atoms with Crippen molar-refractivity contribution in [1.82, 2.24) is 5.32 Å². The first-order valence-electron chi connectivity index (χ1n) is 7.25. The van der Waals surface area contributed by atoms with Gasteiger partial charge in [0.05, 0.1) is 11.3 Å². The lowest BCUT2D eigenvalue weighted by atomic mass is 9.90. The van der Waals surface area contributed by atoms with Gasteiger partial charge in [-0.2, -0.15) is 0 Å². The van der Waals surface area contributed by atoms with E-state index in [0.29, 0.717) is 0 Å². The van der Waals surface area contributed by atoms with Crippen LogP contribution in [0.15, 0.2) is 54.6 Å². The Morgan fingerprint density at radius 3 is 2.43 bits per heavy atom. The van der Waals surface area contributed by atoms with Crippen molar-refractivity contribution in [2.24, 2.45) is 0 Å². The van der Waals surface area contributed by atoms with E-state index >= 15 is 0 Å². The zero-order valence-corrected chi connectivity index (χ0v) is 12.6. The van der Waals surface area contributed by atoms with Crippen LogP contribution in [0.2, 0.25) is 0 Å². The first-order valence-corrected chi connectivity index (χ1v) is 7.25. The number of nitro groups is 1. The van der Waals surface area contributed by atoms with E-state index in [4.69, 9.17) is 4.74 Å². The molecule has 1 aliphatic heterocycles. The van der Waals surface area contributed by atoms with Crippen LogP contribution in [-0.2, 0) is 15.1 Å². The molecular formula is C17H16N2O4. The fourth-order valence-electron chi connectivity index (χ4n) is 2.72. The third kappa shape index (κ3) is 3.07. The van der Waals surface area contributed by atoms with Gasteiger partial charge in [-0.25, -0.2) is 0 Å². The summed E-state index contributed by atoms with van der Waals surface area (Å²) in [7, 11) is 0. The largest absolute Gasteiger partial charge is 0.343 e. The second-order valence-electron chi connectivity index (χ2n) is 5.69. The summed E-state index contributed by atoms with van der Waals surface area (Å²) < 4.78 is 6.11. The molecule has 1 amide bonds. The predicted molar refractivity (Wildman–Crippen MR) is 83.5 cm³/mol. The van der Waals surface area contributed by atoms with E-state index in [1.54, 1.807) is 12.1 Å². The van der Waals surface area contributed by atoms with Gasteiger partial charge in [-0.1, -0.05) is 30.3 Å². The number of rotatable bonds is 3. The molecule has 6 nitrogen and oxygen atoms in total. The van der Waals surface area contributed by atoms with Gasteiger partial charge in [0.15, 0.2) is 6.23 Å². The molecule has 6 heteroatoms. The topological polar surface area (TPSA) is 81.5 Å². The summed E-state index contributed by atoms with van der Waals surface area (Å²) in [4.78, 5) is 22.4. The van der Waals surface area contributed by atoms with Gasteiger partial charge in [-0.3, -0.25) is 14.9 Å². The predicted octanol–water partition coefficient (Wildman–Crippen LogP) is 3.05. The first kappa shape index (κ1) is 15.2. The maximum atomic E-state index is 12.1. The zero-order valence-electron chi connectivity index (χ0n) is 12.6. The number of nitrogens with one attached hydrogen (secondary N) is 1. The number of carbonyl (C=O) groups is 1. The van der Waals surface area contributed by atoms with Gasteiger partial charge < -0.3 is 10.1 Å². The lowest BCUT2D eigenvalue weighted by molar-refractivity contribution is -0.384. The molecule has 0 aromatic heterocycles. The standard InChI is InChI=1S/C17H16N2O4/c1-17(13-7-9-14(10-8-13)19(21)22)11-15(20)18-16(23-17)12-5-3-2-4-6-12/h2-10,16H,11H2,1H3,(H,18,20)/t16-,17?/m0/s1. The van der Waals surface area contributed by atoms with Crippen molar-refractivity contribution in [1.29, 1.82) is 0 Å². The SMILES string of the molecule is CC1(c2ccc([N+](=O)[O-])cc2)CC(=O)N[C@H](c2ccccc2)O1. The van der Waals surface area contributed by atoms with Crippen molar-refractivity contribution in [3.8, 4) is 0 Å². The highest BCUT2D eigenvalue weighted by atomic mass is 16.6. The molecule has 23 heavy (non-hydrogen) atoms. The molecule has 1 fully saturated rings. The van der Waals surface area contributed by atoms with Crippen LogP contribution in [-0.4, -0.2) is 10.8 Å². The highest BCUT2D eigenvalue weighted by molar-refractivity contribution is 5.78. The molecule has 1 aliphatic rings.